The number of hydrogen-bond donors (Lipinski definition) is 0. The number of nitrogens with zero attached hydrogens (tertiary/aromatic N) is 6. The Labute approximate surface area is 243 Å². The Hall–Kier alpha value is -3.76. The minimum absolute atomic E-state index is 0.0780. The fourth-order valence-corrected chi connectivity index (χ4v) is 5.10. The van der Waals surface area contributed by atoms with E-state index in [9.17, 15) is 9.59 Å². The third kappa shape index (κ3) is 5.73. The lowest BCUT2D eigenvalue weighted by molar-refractivity contribution is 0.0240. The SMILES string of the molecule is CN(c1ccc(N2CCN(C(=O)OC(C)(C)C)CC2)cc1)c1ncc2c(n1)OCN(c1c(Cl)cccc1Cl)C2=O. The fourth-order valence-electron chi connectivity index (χ4n) is 4.49. The molecule has 0 bridgehead atoms. The van der Waals surface area contributed by atoms with E-state index >= 15 is 0 Å². The van der Waals surface area contributed by atoms with Crippen molar-refractivity contribution in [2.24, 2.45) is 0 Å². The van der Waals surface area contributed by atoms with Crippen molar-refractivity contribution in [2.75, 3.05) is 54.7 Å². The molecule has 2 amide bonds. The number of benzene rings is 2. The molecule has 10 nitrogen and oxygen atoms in total. The number of anilines is 4. The van der Waals surface area contributed by atoms with Crippen molar-refractivity contribution >= 4 is 58.2 Å². The number of ether oxygens (including phenoxy) is 2. The van der Waals surface area contributed by atoms with Gasteiger partial charge in [0.2, 0.25) is 11.8 Å². The molecule has 210 valence electrons. The van der Waals surface area contributed by atoms with Gasteiger partial charge >= 0.3 is 6.09 Å². The molecular weight excluding hydrogens is 555 g/mol. The number of rotatable bonds is 4. The van der Waals surface area contributed by atoms with Gasteiger partial charge in [-0.05, 0) is 57.2 Å². The second-order valence-corrected chi connectivity index (χ2v) is 11.3. The highest BCUT2D eigenvalue weighted by atomic mass is 35.5. The summed E-state index contributed by atoms with van der Waals surface area (Å²) in [7, 11) is 1.84. The molecule has 0 unspecified atom stereocenters. The van der Waals surface area contributed by atoms with Gasteiger partial charge in [0.1, 0.15) is 11.2 Å². The van der Waals surface area contributed by atoms with Gasteiger partial charge in [-0.3, -0.25) is 9.69 Å². The predicted octanol–water partition coefficient (Wildman–Crippen LogP) is 5.61. The summed E-state index contributed by atoms with van der Waals surface area (Å²) >= 11 is 12.6. The van der Waals surface area contributed by atoms with E-state index in [-0.39, 0.29) is 30.2 Å². The molecule has 5 rings (SSSR count). The molecule has 1 aromatic heterocycles. The minimum Gasteiger partial charge on any atom is -0.455 e. The summed E-state index contributed by atoms with van der Waals surface area (Å²) in [5.41, 5.74) is 2.02. The third-order valence-corrected chi connectivity index (χ3v) is 7.20. The van der Waals surface area contributed by atoms with Crippen molar-refractivity contribution in [3.05, 3.63) is 64.3 Å². The van der Waals surface area contributed by atoms with E-state index in [4.69, 9.17) is 32.7 Å². The molecule has 0 saturated carbocycles. The number of carbonyl (C=O) groups excluding carboxylic acids is 2. The molecule has 0 radical (unpaired) electrons. The summed E-state index contributed by atoms with van der Waals surface area (Å²) in [6, 6.07) is 13.0. The number of carbonyl (C=O) groups is 2. The van der Waals surface area contributed by atoms with Gasteiger partial charge in [0.05, 0.1) is 15.7 Å². The summed E-state index contributed by atoms with van der Waals surface area (Å²) in [4.78, 5) is 41.6. The zero-order chi connectivity index (χ0) is 28.6. The molecule has 40 heavy (non-hydrogen) atoms. The van der Waals surface area contributed by atoms with Crippen LogP contribution in [-0.4, -0.2) is 72.4 Å². The number of halogens is 2. The molecule has 12 heteroatoms. The van der Waals surface area contributed by atoms with Gasteiger partial charge in [0, 0.05) is 50.8 Å². The Morgan fingerprint density at radius 2 is 1.68 bits per heavy atom. The van der Waals surface area contributed by atoms with Crippen LogP contribution in [0.2, 0.25) is 10.0 Å². The molecular formula is C28H30Cl2N6O4. The predicted molar refractivity (Wildman–Crippen MR) is 155 cm³/mol. The van der Waals surface area contributed by atoms with Crippen LogP contribution in [-0.2, 0) is 4.74 Å². The van der Waals surface area contributed by atoms with E-state index in [2.05, 4.69) is 14.9 Å². The fraction of sp³-hybridized carbons (Fsp3) is 0.357. The number of piperazine rings is 1. The largest absolute Gasteiger partial charge is 0.455 e. The molecule has 3 aromatic rings. The molecule has 2 aromatic carbocycles. The standard InChI is InChI=1S/C28H30Cl2N6O4/c1-28(2,3)40-27(38)35-14-12-34(13-15-35)19-10-8-18(9-11-19)33(4)26-31-16-20-24(32-26)39-17-36(25(20)37)23-21(29)6-5-7-22(23)30/h5-11,16H,12-15,17H2,1-4H3. The van der Waals surface area contributed by atoms with Crippen LogP contribution in [0, 0.1) is 0 Å². The molecule has 2 aliphatic rings. The first-order chi connectivity index (χ1) is 19.0. The highest BCUT2D eigenvalue weighted by Crippen LogP contribution is 2.37. The van der Waals surface area contributed by atoms with E-state index in [1.54, 1.807) is 23.1 Å². The number of fused-ring (bicyclic) bond motifs is 1. The first-order valence-electron chi connectivity index (χ1n) is 12.8. The molecule has 1 fully saturated rings. The van der Waals surface area contributed by atoms with Gasteiger partial charge in [-0.2, -0.15) is 4.98 Å². The van der Waals surface area contributed by atoms with E-state index in [1.807, 2.05) is 57.0 Å². The van der Waals surface area contributed by atoms with Crippen LogP contribution >= 0.6 is 23.2 Å². The van der Waals surface area contributed by atoms with Crippen LogP contribution < -0.4 is 19.4 Å². The molecule has 1 saturated heterocycles. The summed E-state index contributed by atoms with van der Waals surface area (Å²) < 4.78 is 11.3. The molecule has 2 aliphatic heterocycles. The maximum Gasteiger partial charge on any atom is 0.410 e. The number of amides is 2. The molecule has 3 heterocycles. The van der Waals surface area contributed by atoms with E-state index in [0.29, 0.717) is 47.9 Å². The number of para-hydroxylation sites is 1. The highest BCUT2D eigenvalue weighted by molar-refractivity contribution is 6.40. The first kappa shape index (κ1) is 27.8. The van der Waals surface area contributed by atoms with Gasteiger partial charge in [-0.1, -0.05) is 29.3 Å². The monoisotopic (exact) mass is 584 g/mol. The molecule has 0 spiro atoms. The third-order valence-electron chi connectivity index (χ3n) is 6.59. The van der Waals surface area contributed by atoms with E-state index in [1.165, 1.54) is 11.1 Å². The van der Waals surface area contributed by atoms with E-state index < -0.39 is 5.60 Å². The van der Waals surface area contributed by atoms with Crippen LogP contribution in [0.3, 0.4) is 0 Å². The summed E-state index contributed by atoms with van der Waals surface area (Å²) in [6.45, 7) is 8.14. The van der Waals surface area contributed by atoms with Crippen LogP contribution in [0.4, 0.5) is 27.8 Å². The second kappa shape index (κ2) is 11.0. The van der Waals surface area contributed by atoms with Gasteiger partial charge in [-0.15, -0.1) is 0 Å². The van der Waals surface area contributed by atoms with Gasteiger partial charge in [0.15, 0.2) is 6.73 Å². The van der Waals surface area contributed by atoms with Gasteiger partial charge in [-0.25, -0.2) is 9.78 Å². The molecule has 0 N–H and O–H groups in total. The summed E-state index contributed by atoms with van der Waals surface area (Å²) in [5, 5.41) is 0.692. The van der Waals surface area contributed by atoms with Crippen molar-refractivity contribution in [1.82, 2.24) is 14.9 Å². The van der Waals surface area contributed by atoms with Crippen molar-refractivity contribution in [2.45, 2.75) is 26.4 Å². The molecule has 0 aliphatic carbocycles. The van der Waals surface area contributed by atoms with E-state index in [0.717, 1.165) is 11.4 Å². The maximum absolute atomic E-state index is 13.2. The quantitative estimate of drug-likeness (QED) is 0.391. The Kier molecular flexibility index (Phi) is 7.65. The lowest BCUT2D eigenvalue weighted by Crippen LogP contribution is -2.50. The van der Waals surface area contributed by atoms with Crippen molar-refractivity contribution in [3.63, 3.8) is 0 Å². The Bertz CT molecular complexity index is 1400. The number of aromatic nitrogens is 2. The van der Waals surface area contributed by atoms with Gasteiger partial charge in [0.25, 0.3) is 5.91 Å². The Balaban J connectivity index is 1.24. The normalized spacial score (nSPS) is 15.4. The van der Waals surface area contributed by atoms with Crippen LogP contribution in [0.1, 0.15) is 31.1 Å². The zero-order valence-corrected chi connectivity index (χ0v) is 24.2. The highest BCUT2D eigenvalue weighted by Gasteiger charge is 2.32. The first-order valence-corrected chi connectivity index (χ1v) is 13.6. The average Bonchev–Trinajstić information content (AvgIpc) is 2.93. The lowest BCUT2D eigenvalue weighted by atomic mass is 10.2. The van der Waals surface area contributed by atoms with Crippen molar-refractivity contribution in [3.8, 4) is 5.88 Å². The zero-order valence-electron chi connectivity index (χ0n) is 22.7. The average molecular weight is 585 g/mol. The Morgan fingerprint density at radius 3 is 2.30 bits per heavy atom. The van der Waals surface area contributed by atoms with Crippen LogP contribution in [0.15, 0.2) is 48.7 Å². The smallest absolute Gasteiger partial charge is 0.410 e. The maximum atomic E-state index is 13.2. The second-order valence-electron chi connectivity index (χ2n) is 10.5. The lowest BCUT2D eigenvalue weighted by Gasteiger charge is -2.36. The summed E-state index contributed by atoms with van der Waals surface area (Å²) in [6.07, 6.45) is 1.17. The van der Waals surface area contributed by atoms with Crippen LogP contribution in [0.5, 0.6) is 5.88 Å². The van der Waals surface area contributed by atoms with Crippen LogP contribution in [0.25, 0.3) is 0 Å². The summed E-state index contributed by atoms with van der Waals surface area (Å²) in [5.74, 6) is 0.233. The molecule has 0 atom stereocenters. The van der Waals surface area contributed by atoms with Crippen molar-refractivity contribution < 1.29 is 19.1 Å². The minimum atomic E-state index is -0.509. The van der Waals surface area contributed by atoms with Gasteiger partial charge < -0.3 is 24.2 Å². The topological polar surface area (TPSA) is 91.3 Å². The Morgan fingerprint density at radius 1 is 1.02 bits per heavy atom. The number of hydrogen-bond acceptors (Lipinski definition) is 8. The van der Waals surface area contributed by atoms with Crippen molar-refractivity contribution in [1.29, 1.82) is 0 Å².